The highest BCUT2D eigenvalue weighted by Gasteiger charge is 2.14. The highest BCUT2D eigenvalue weighted by atomic mass is 35.5. The van der Waals surface area contributed by atoms with Gasteiger partial charge >= 0.3 is 0 Å². The second-order valence-electron chi connectivity index (χ2n) is 6.59. The number of hydrogen-bond donors (Lipinski definition) is 2. The van der Waals surface area contributed by atoms with Gasteiger partial charge in [-0.25, -0.2) is 0 Å². The van der Waals surface area contributed by atoms with Crippen molar-refractivity contribution in [3.05, 3.63) is 82.5 Å². The van der Waals surface area contributed by atoms with Crippen LogP contribution in [0.15, 0.2) is 60.7 Å². The molecule has 2 amide bonds. The molecule has 3 rings (SSSR count). The molecule has 0 aliphatic carbocycles. The van der Waals surface area contributed by atoms with E-state index in [1.807, 2.05) is 36.4 Å². The Morgan fingerprint density at radius 1 is 1.00 bits per heavy atom. The van der Waals surface area contributed by atoms with E-state index in [-0.39, 0.29) is 16.8 Å². The van der Waals surface area contributed by atoms with Crippen LogP contribution in [0, 0.1) is 6.92 Å². The van der Waals surface area contributed by atoms with Gasteiger partial charge in [-0.05, 0) is 37.3 Å². The molecule has 0 fully saturated rings. The lowest BCUT2D eigenvalue weighted by molar-refractivity contribution is 0.0936. The number of nitrogens with one attached hydrogen (secondary N) is 2. The number of methoxy groups -OCH3 is 1. The van der Waals surface area contributed by atoms with Crippen LogP contribution in [0.25, 0.3) is 11.3 Å². The summed E-state index contributed by atoms with van der Waals surface area (Å²) in [4.78, 5) is 29.4. The van der Waals surface area contributed by atoms with E-state index in [4.69, 9.17) is 16.3 Å². The van der Waals surface area contributed by atoms with Crippen LogP contribution in [0.3, 0.4) is 0 Å². The number of anilines is 1. The number of aromatic nitrogens is 1. The van der Waals surface area contributed by atoms with E-state index < -0.39 is 0 Å². The van der Waals surface area contributed by atoms with Crippen LogP contribution in [0.5, 0.6) is 0 Å². The lowest BCUT2D eigenvalue weighted by atomic mass is 10.1. The number of rotatable bonds is 7. The molecule has 2 aromatic carbocycles. The van der Waals surface area contributed by atoms with Crippen LogP contribution in [0.2, 0.25) is 5.02 Å². The Balaban J connectivity index is 1.71. The summed E-state index contributed by atoms with van der Waals surface area (Å²) in [7, 11) is 1.56. The van der Waals surface area contributed by atoms with Crippen LogP contribution in [0.4, 0.5) is 5.69 Å². The summed E-state index contributed by atoms with van der Waals surface area (Å²) in [6.45, 7) is 2.59. The fourth-order valence-electron chi connectivity index (χ4n) is 2.91. The molecular formula is C23H22ClN3O3. The van der Waals surface area contributed by atoms with Crippen molar-refractivity contribution in [3.63, 3.8) is 0 Å². The van der Waals surface area contributed by atoms with Crippen LogP contribution in [-0.2, 0) is 4.74 Å². The smallest absolute Gasteiger partial charge is 0.257 e. The quantitative estimate of drug-likeness (QED) is 0.554. The minimum absolute atomic E-state index is 0.247. The SMILES string of the molecule is COCCNC(=O)c1ccc(NC(=O)c2ccc(-c3ccccc3)nc2C)cc1Cl. The van der Waals surface area contributed by atoms with Gasteiger partial charge in [-0.3, -0.25) is 14.6 Å². The van der Waals surface area contributed by atoms with Crippen molar-refractivity contribution in [1.82, 2.24) is 10.3 Å². The van der Waals surface area contributed by atoms with E-state index in [1.165, 1.54) is 0 Å². The molecule has 3 aromatic rings. The Kier molecular flexibility index (Phi) is 7.17. The second kappa shape index (κ2) is 10.0. The summed E-state index contributed by atoms with van der Waals surface area (Å²) in [5.74, 6) is -0.598. The number of nitrogens with zero attached hydrogens (tertiary/aromatic N) is 1. The molecule has 0 saturated heterocycles. The number of pyridine rings is 1. The zero-order chi connectivity index (χ0) is 21.5. The first kappa shape index (κ1) is 21.5. The number of hydrogen-bond acceptors (Lipinski definition) is 4. The molecular weight excluding hydrogens is 402 g/mol. The Labute approximate surface area is 180 Å². The zero-order valence-corrected chi connectivity index (χ0v) is 17.5. The maximum Gasteiger partial charge on any atom is 0.257 e. The van der Waals surface area contributed by atoms with Gasteiger partial charge in [0.2, 0.25) is 0 Å². The molecule has 0 aliphatic rings. The van der Waals surface area contributed by atoms with Crippen molar-refractivity contribution >= 4 is 29.1 Å². The van der Waals surface area contributed by atoms with Crippen molar-refractivity contribution in [3.8, 4) is 11.3 Å². The largest absolute Gasteiger partial charge is 0.383 e. The van der Waals surface area contributed by atoms with Crippen molar-refractivity contribution in [2.24, 2.45) is 0 Å². The monoisotopic (exact) mass is 423 g/mol. The van der Waals surface area contributed by atoms with Crippen LogP contribution in [-0.4, -0.2) is 37.1 Å². The van der Waals surface area contributed by atoms with E-state index in [0.29, 0.717) is 35.7 Å². The highest BCUT2D eigenvalue weighted by molar-refractivity contribution is 6.34. The highest BCUT2D eigenvalue weighted by Crippen LogP contribution is 2.23. The molecule has 2 N–H and O–H groups in total. The zero-order valence-electron chi connectivity index (χ0n) is 16.7. The molecule has 30 heavy (non-hydrogen) atoms. The lowest BCUT2D eigenvalue weighted by Crippen LogP contribution is -2.27. The fraction of sp³-hybridized carbons (Fsp3) is 0.174. The van der Waals surface area contributed by atoms with E-state index in [1.54, 1.807) is 38.3 Å². The first-order valence-electron chi connectivity index (χ1n) is 9.40. The first-order chi connectivity index (χ1) is 14.5. The van der Waals surface area contributed by atoms with Gasteiger partial charge in [-0.1, -0.05) is 41.9 Å². The molecule has 0 aliphatic heterocycles. The maximum atomic E-state index is 12.7. The molecule has 6 nitrogen and oxygen atoms in total. The van der Waals surface area contributed by atoms with Gasteiger partial charge in [0.15, 0.2) is 0 Å². The van der Waals surface area contributed by atoms with Gasteiger partial charge < -0.3 is 15.4 Å². The Bertz CT molecular complexity index is 1050. The van der Waals surface area contributed by atoms with Gasteiger partial charge in [0.1, 0.15) is 0 Å². The summed E-state index contributed by atoms with van der Waals surface area (Å²) in [6.07, 6.45) is 0. The van der Waals surface area contributed by atoms with Gasteiger partial charge in [0, 0.05) is 24.9 Å². The number of halogens is 1. The topological polar surface area (TPSA) is 80.3 Å². The average Bonchev–Trinajstić information content (AvgIpc) is 2.74. The predicted molar refractivity (Wildman–Crippen MR) is 118 cm³/mol. The molecule has 1 aromatic heterocycles. The summed E-state index contributed by atoms with van der Waals surface area (Å²) in [5.41, 5.74) is 3.69. The molecule has 154 valence electrons. The number of benzene rings is 2. The number of aryl methyl sites for hydroxylation is 1. The van der Waals surface area contributed by atoms with Crippen LogP contribution in [0.1, 0.15) is 26.4 Å². The number of carbonyl (C=O) groups is 2. The van der Waals surface area contributed by atoms with Crippen LogP contribution >= 0.6 is 11.6 Å². The van der Waals surface area contributed by atoms with E-state index in [9.17, 15) is 9.59 Å². The standard InChI is InChI=1S/C23H22ClN3O3/c1-15-18(10-11-21(26-15)16-6-4-3-5-7-16)23(29)27-17-8-9-19(20(24)14-17)22(28)25-12-13-30-2/h3-11,14H,12-13H2,1-2H3,(H,25,28)(H,27,29). The summed E-state index contributed by atoms with van der Waals surface area (Å²) < 4.78 is 4.91. The Morgan fingerprint density at radius 3 is 2.40 bits per heavy atom. The fourth-order valence-corrected chi connectivity index (χ4v) is 3.17. The number of amides is 2. The third-order valence-electron chi connectivity index (χ3n) is 4.46. The van der Waals surface area contributed by atoms with Crippen LogP contribution < -0.4 is 10.6 Å². The number of ether oxygens (including phenoxy) is 1. The Morgan fingerprint density at radius 2 is 1.73 bits per heavy atom. The third kappa shape index (κ3) is 5.23. The van der Waals surface area contributed by atoms with Gasteiger partial charge in [0.25, 0.3) is 11.8 Å². The number of carbonyl (C=O) groups excluding carboxylic acids is 2. The predicted octanol–water partition coefficient (Wildman–Crippen LogP) is 4.34. The minimum atomic E-state index is -0.300. The van der Waals surface area contributed by atoms with E-state index >= 15 is 0 Å². The molecule has 1 heterocycles. The maximum absolute atomic E-state index is 12.7. The summed E-state index contributed by atoms with van der Waals surface area (Å²) in [5, 5.41) is 5.76. The van der Waals surface area contributed by atoms with E-state index in [0.717, 1.165) is 11.3 Å². The van der Waals surface area contributed by atoms with Gasteiger partial charge in [-0.15, -0.1) is 0 Å². The summed E-state index contributed by atoms with van der Waals surface area (Å²) in [6, 6.07) is 18.1. The Hall–Kier alpha value is -3.22. The summed E-state index contributed by atoms with van der Waals surface area (Å²) >= 11 is 6.23. The molecule has 7 heteroatoms. The molecule has 0 saturated carbocycles. The third-order valence-corrected chi connectivity index (χ3v) is 4.78. The van der Waals surface area contributed by atoms with Crippen molar-refractivity contribution in [2.75, 3.05) is 25.6 Å². The van der Waals surface area contributed by atoms with E-state index in [2.05, 4.69) is 15.6 Å². The molecule has 0 unspecified atom stereocenters. The molecule has 0 radical (unpaired) electrons. The average molecular weight is 424 g/mol. The molecule has 0 bridgehead atoms. The minimum Gasteiger partial charge on any atom is -0.383 e. The normalized spacial score (nSPS) is 10.5. The molecule has 0 spiro atoms. The second-order valence-corrected chi connectivity index (χ2v) is 7.00. The lowest BCUT2D eigenvalue weighted by Gasteiger charge is -2.11. The van der Waals surface area contributed by atoms with Gasteiger partial charge in [0.05, 0.1) is 34.1 Å². The first-order valence-corrected chi connectivity index (χ1v) is 9.78. The van der Waals surface area contributed by atoms with Crippen molar-refractivity contribution < 1.29 is 14.3 Å². The van der Waals surface area contributed by atoms with Gasteiger partial charge in [-0.2, -0.15) is 0 Å². The molecule has 0 atom stereocenters. The van der Waals surface area contributed by atoms with Crippen molar-refractivity contribution in [2.45, 2.75) is 6.92 Å². The van der Waals surface area contributed by atoms with Crippen molar-refractivity contribution in [1.29, 1.82) is 0 Å².